The van der Waals surface area contributed by atoms with Crippen LogP contribution in [0.25, 0.3) is 17.2 Å². The van der Waals surface area contributed by atoms with Crippen LogP contribution in [-0.4, -0.2) is 22.4 Å². The first kappa shape index (κ1) is 25.3. The molecule has 0 aliphatic carbocycles. The Kier molecular flexibility index (Phi) is 7.99. The zero-order chi connectivity index (χ0) is 25.0. The third-order valence-corrected chi connectivity index (χ3v) is 5.93. The minimum atomic E-state index is -0.737. The van der Waals surface area contributed by atoms with E-state index < -0.39 is 17.7 Å². The molecule has 0 saturated carbocycles. The number of benzene rings is 2. The molecule has 1 atom stereocenters. The van der Waals surface area contributed by atoms with Crippen molar-refractivity contribution in [2.24, 2.45) is 0 Å². The lowest BCUT2D eigenvalue weighted by Gasteiger charge is -2.24. The molecule has 0 aliphatic heterocycles. The SMILES string of the molecule is C/C=C\c1ncnc(NC(C)c2cc(Cl)c(C)c(C(=O)NCC)c2-c2cc(F)cc(F)c2)c1C. The van der Waals surface area contributed by atoms with Crippen LogP contribution in [-0.2, 0) is 0 Å². The molecule has 8 heteroatoms. The van der Waals surface area contributed by atoms with Crippen molar-refractivity contribution in [2.45, 2.75) is 40.7 Å². The predicted octanol–water partition coefficient (Wildman–Crippen LogP) is 6.65. The van der Waals surface area contributed by atoms with Crippen LogP contribution in [0.5, 0.6) is 0 Å². The van der Waals surface area contributed by atoms with E-state index in [4.69, 9.17) is 11.6 Å². The highest BCUT2D eigenvalue weighted by molar-refractivity contribution is 6.32. The summed E-state index contributed by atoms with van der Waals surface area (Å²) in [5.74, 6) is -1.25. The lowest BCUT2D eigenvalue weighted by atomic mass is 9.87. The summed E-state index contributed by atoms with van der Waals surface area (Å²) in [6, 6.07) is 4.53. The van der Waals surface area contributed by atoms with E-state index >= 15 is 0 Å². The summed E-state index contributed by atoms with van der Waals surface area (Å²) >= 11 is 6.54. The number of nitrogens with one attached hydrogen (secondary N) is 2. The van der Waals surface area contributed by atoms with Gasteiger partial charge in [-0.05, 0) is 75.6 Å². The lowest BCUT2D eigenvalue weighted by molar-refractivity contribution is 0.0955. The van der Waals surface area contributed by atoms with Crippen molar-refractivity contribution in [1.82, 2.24) is 15.3 Å². The molecule has 0 saturated heterocycles. The van der Waals surface area contributed by atoms with Gasteiger partial charge in [0.2, 0.25) is 0 Å². The van der Waals surface area contributed by atoms with Crippen molar-refractivity contribution in [2.75, 3.05) is 11.9 Å². The molecule has 1 amide bonds. The highest BCUT2D eigenvalue weighted by Gasteiger charge is 2.25. The third kappa shape index (κ3) is 5.25. The van der Waals surface area contributed by atoms with Gasteiger partial charge >= 0.3 is 0 Å². The van der Waals surface area contributed by atoms with Crippen molar-refractivity contribution in [3.05, 3.63) is 81.3 Å². The Morgan fingerprint density at radius 3 is 2.41 bits per heavy atom. The first-order valence-corrected chi connectivity index (χ1v) is 11.3. The summed E-state index contributed by atoms with van der Waals surface area (Å²) in [4.78, 5) is 21.7. The van der Waals surface area contributed by atoms with E-state index in [9.17, 15) is 13.6 Å². The summed E-state index contributed by atoms with van der Waals surface area (Å²) < 4.78 is 28.4. The number of allylic oxidation sites excluding steroid dienone is 1. The van der Waals surface area contributed by atoms with Crippen molar-refractivity contribution >= 4 is 29.4 Å². The number of aromatic nitrogens is 2. The molecule has 1 aromatic heterocycles. The molecule has 34 heavy (non-hydrogen) atoms. The highest BCUT2D eigenvalue weighted by atomic mass is 35.5. The quantitative estimate of drug-likeness (QED) is 0.394. The van der Waals surface area contributed by atoms with Gasteiger partial charge in [0.25, 0.3) is 5.91 Å². The third-order valence-electron chi connectivity index (χ3n) is 5.54. The fourth-order valence-electron chi connectivity index (χ4n) is 3.87. The maximum atomic E-state index is 14.2. The Morgan fingerprint density at radius 2 is 1.79 bits per heavy atom. The Balaban J connectivity index is 2.24. The zero-order valence-electron chi connectivity index (χ0n) is 19.8. The van der Waals surface area contributed by atoms with E-state index in [2.05, 4.69) is 20.6 Å². The maximum absolute atomic E-state index is 14.2. The van der Waals surface area contributed by atoms with E-state index in [1.54, 1.807) is 19.9 Å². The standard InChI is InChI=1S/C26H27ClF2N4O/c1-6-8-22-15(4)25(32-13-31-22)33-16(5)20-12-21(27)14(3)23(26(34)30-7-2)24(20)17-9-18(28)11-19(29)10-17/h6,8-13,16H,7H2,1-5H3,(H,30,34)(H,31,32,33)/b8-6-. The molecule has 2 aromatic carbocycles. The van der Waals surface area contributed by atoms with Crippen LogP contribution in [0.15, 0.2) is 36.7 Å². The van der Waals surface area contributed by atoms with Crippen LogP contribution in [0, 0.1) is 25.5 Å². The lowest BCUT2D eigenvalue weighted by Crippen LogP contribution is -2.25. The molecule has 0 bridgehead atoms. The average Bonchev–Trinajstić information content (AvgIpc) is 2.77. The molecule has 2 N–H and O–H groups in total. The summed E-state index contributed by atoms with van der Waals surface area (Å²) in [6.45, 7) is 9.57. The summed E-state index contributed by atoms with van der Waals surface area (Å²) in [5, 5.41) is 6.50. The topological polar surface area (TPSA) is 66.9 Å². The molecule has 0 fully saturated rings. The van der Waals surface area contributed by atoms with Crippen molar-refractivity contribution < 1.29 is 13.6 Å². The van der Waals surface area contributed by atoms with Crippen LogP contribution in [0.2, 0.25) is 5.02 Å². The number of carbonyl (C=O) groups excluding carboxylic acids is 1. The van der Waals surface area contributed by atoms with Gasteiger partial charge < -0.3 is 10.6 Å². The van der Waals surface area contributed by atoms with Crippen LogP contribution in [0.3, 0.4) is 0 Å². The Bertz CT molecular complexity index is 1240. The number of hydrogen-bond donors (Lipinski definition) is 2. The van der Waals surface area contributed by atoms with E-state index in [1.807, 2.05) is 32.9 Å². The second-order valence-electron chi connectivity index (χ2n) is 7.94. The van der Waals surface area contributed by atoms with Crippen molar-refractivity contribution in [1.29, 1.82) is 0 Å². The van der Waals surface area contributed by atoms with Gasteiger partial charge in [0.05, 0.1) is 17.3 Å². The highest BCUT2D eigenvalue weighted by Crippen LogP contribution is 2.39. The summed E-state index contributed by atoms with van der Waals surface area (Å²) in [6.07, 6.45) is 5.23. The molecule has 5 nitrogen and oxygen atoms in total. The Morgan fingerprint density at radius 1 is 1.12 bits per heavy atom. The average molecular weight is 485 g/mol. The number of hydrogen-bond acceptors (Lipinski definition) is 4. The van der Waals surface area contributed by atoms with E-state index in [0.717, 1.165) is 17.3 Å². The molecule has 3 aromatic rings. The molecule has 3 rings (SSSR count). The number of nitrogens with zero attached hydrogens (tertiary/aromatic N) is 2. The van der Waals surface area contributed by atoms with Gasteiger partial charge in [-0.25, -0.2) is 18.7 Å². The molecule has 0 aliphatic rings. The number of amides is 1. The maximum Gasteiger partial charge on any atom is 0.252 e. The van der Waals surface area contributed by atoms with Crippen molar-refractivity contribution in [3.8, 4) is 11.1 Å². The number of anilines is 1. The predicted molar refractivity (Wildman–Crippen MR) is 133 cm³/mol. The largest absolute Gasteiger partial charge is 0.363 e. The molecular formula is C26H27ClF2N4O. The van der Waals surface area contributed by atoms with Crippen LogP contribution in [0.4, 0.5) is 14.6 Å². The van der Waals surface area contributed by atoms with Crippen LogP contribution < -0.4 is 10.6 Å². The van der Waals surface area contributed by atoms with E-state index in [-0.39, 0.29) is 17.0 Å². The van der Waals surface area contributed by atoms with E-state index in [0.29, 0.717) is 34.1 Å². The van der Waals surface area contributed by atoms with Crippen LogP contribution >= 0.6 is 11.6 Å². The summed E-state index contributed by atoms with van der Waals surface area (Å²) in [7, 11) is 0. The van der Waals surface area contributed by atoms with Crippen molar-refractivity contribution in [3.63, 3.8) is 0 Å². The van der Waals surface area contributed by atoms with Gasteiger partial charge in [-0.2, -0.15) is 0 Å². The van der Waals surface area contributed by atoms with Gasteiger partial charge in [-0.15, -0.1) is 0 Å². The first-order chi connectivity index (χ1) is 16.2. The fourth-order valence-corrected chi connectivity index (χ4v) is 4.08. The molecule has 1 heterocycles. The fraction of sp³-hybridized carbons (Fsp3) is 0.269. The Hall–Kier alpha value is -3.32. The monoisotopic (exact) mass is 484 g/mol. The number of halogens is 3. The second-order valence-corrected chi connectivity index (χ2v) is 8.35. The van der Waals surface area contributed by atoms with Gasteiger partial charge in [0.1, 0.15) is 23.8 Å². The smallest absolute Gasteiger partial charge is 0.252 e. The van der Waals surface area contributed by atoms with Gasteiger partial charge in [-0.1, -0.05) is 17.7 Å². The minimum absolute atomic E-state index is 0.246. The second kappa shape index (κ2) is 10.7. The van der Waals surface area contributed by atoms with Gasteiger partial charge in [-0.3, -0.25) is 4.79 Å². The molecule has 0 radical (unpaired) electrons. The number of carbonyl (C=O) groups is 1. The van der Waals surface area contributed by atoms with Crippen LogP contribution in [0.1, 0.15) is 59.6 Å². The zero-order valence-corrected chi connectivity index (χ0v) is 20.5. The molecule has 1 unspecified atom stereocenters. The van der Waals surface area contributed by atoms with E-state index in [1.165, 1.54) is 18.5 Å². The number of rotatable bonds is 7. The van der Waals surface area contributed by atoms with Gasteiger partial charge in [0, 0.05) is 28.8 Å². The minimum Gasteiger partial charge on any atom is -0.363 e. The first-order valence-electron chi connectivity index (χ1n) is 11.0. The molecule has 0 spiro atoms. The summed E-state index contributed by atoms with van der Waals surface area (Å²) in [5.41, 5.74) is 3.67. The molecule has 178 valence electrons. The molecular weight excluding hydrogens is 458 g/mol. The normalized spacial score (nSPS) is 12.1. The Labute approximate surface area is 203 Å². The van der Waals surface area contributed by atoms with Gasteiger partial charge in [0.15, 0.2) is 0 Å².